The van der Waals surface area contributed by atoms with Crippen LogP contribution in [0.25, 0.3) is 0 Å². The monoisotopic (exact) mass is 165 g/mol. The highest BCUT2D eigenvalue weighted by Crippen LogP contribution is 1.91. The molecule has 66 valence electrons. The lowest BCUT2D eigenvalue weighted by Crippen LogP contribution is -2.30. The normalized spacial score (nSPS) is 11.2. The van der Waals surface area contributed by atoms with Crippen molar-refractivity contribution in [3.05, 3.63) is 11.6 Å². The van der Waals surface area contributed by atoms with Crippen LogP contribution >= 0.6 is 0 Å². The molecule has 0 bridgehead atoms. The molecule has 1 atom stereocenters. The van der Waals surface area contributed by atoms with Gasteiger partial charge in [-0.25, -0.2) is 0 Å². The third kappa shape index (κ3) is 5.55. The topological polar surface area (TPSA) is 29.1 Å². The molecule has 12 heavy (non-hydrogen) atoms. The van der Waals surface area contributed by atoms with E-state index in [1.807, 2.05) is 20.8 Å². The average Bonchev–Trinajstić information content (AvgIpc) is 1.84. The zero-order valence-electron chi connectivity index (χ0n) is 7.85. The SMILES string of the molecule is C#CCC(C)NC(=O)C=C(C)C. The summed E-state index contributed by atoms with van der Waals surface area (Å²) in [4.78, 5) is 11.1. The fourth-order valence-corrected chi connectivity index (χ4v) is 0.775. The van der Waals surface area contributed by atoms with Crippen molar-refractivity contribution in [2.45, 2.75) is 33.2 Å². The Morgan fingerprint density at radius 1 is 1.67 bits per heavy atom. The van der Waals surface area contributed by atoms with Gasteiger partial charge in [0.25, 0.3) is 0 Å². The maximum Gasteiger partial charge on any atom is 0.244 e. The zero-order chi connectivity index (χ0) is 9.56. The molecule has 0 rings (SSSR count). The first-order chi connectivity index (χ1) is 5.56. The van der Waals surface area contributed by atoms with Crippen LogP contribution in [-0.4, -0.2) is 11.9 Å². The summed E-state index contributed by atoms with van der Waals surface area (Å²) in [7, 11) is 0. The first-order valence-electron chi connectivity index (χ1n) is 3.95. The molecule has 2 nitrogen and oxygen atoms in total. The van der Waals surface area contributed by atoms with Crippen LogP contribution in [0.1, 0.15) is 27.2 Å². The molecule has 1 amide bonds. The lowest BCUT2D eigenvalue weighted by molar-refractivity contribution is -0.117. The van der Waals surface area contributed by atoms with E-state index < -0.39 is 0 Å². The molecule has 0 saturated heterocycles. The fourth-order valence-electron chi connectivity index (χ4n) is 0.775. The Balaban J connectivity index is 3.87. The molecule has 0 heterocycles. The fraction of sp³-hybridized carbons (Fsp3) is 0.500. The van der Waals surface area contributed by atoms with E-state index in [1.54, 1.807) is 6.08 Å². The second kappa shape index (κ2) is 5.42. The van der Waals surface area contributed by atoms with Crippen LogP contribution < -0.4 is 5.32 Å². The van der Waals surface area contributed by atoms with Gasteiger partial charge >= 0.3 is 0 Å². The summed E-state index contributed by atoms with van der Waals surface area (Å²) < 4.78 is 0. The molecular formula is C10H15NO. The summed E-state index contributed by atoms with van der Waals surface area (Å²) in [6, 6.07) is 0.0538. The third-order valence-corrected chi connectivity index (χ3v) is 1.23. The van der Waals surface area contributed by atoms with Crippen molar-refractivity contribution < 1.29 is 4.79 Å². The lowest BCUT2D eigenvalue weighted by atomic mass is 10.2. The summed E-state index contributed by atoms with van der Waals surface area (Å²) in [5, 5.41) is 2.75. The molecule has 0 aliphatic rings. The molecule has 0 aliphatic heterocycles. The van der Waals surface area contributed by atoms with Crippen LogP contribution in [-0.2, 0) is 4.79 Å². The van der Waals surface area contributed by atoms with Crippen molar-refractivity contribution >= 4 is 5.91 Å². The third-order valence-electron chi connectivity index (χ3n) is 1.23. The van der Waals surface area contributed by atoms with Gasteiger partial charge in [-0.1, -0.05) is 5.57 Å². The Morgan fingerprint density at radius 2 is 2.25 bits per heavy atom. The minimum absolute atomic E-state index is 0.0538. The largest absolute Gasteiger partial charge is 0.349 e. The second-order valence-electron chi connectivity index (χ2n) is 3.04. The Kier molecular flexibility index (Phi) is 4.87. The predicted molar refractivity (Wildman–Crippen MR) is 50.5 cm³/mol. The van der Waals surface area contributed by atoms with Gasteiger partial charge in [0.05, 0.1) is 0 Å². The van der Waals surface area contributed by atoms with Crippen molar-refractivity contribution in [3.8, 4) is 12.3 Å². The molecular weight excluding hydrogens is 150 g/mol. The van der Waals surface area contributed by atoms with Crippen LogP contribution in [0.3, 0.4) is 0 Å². The van der Waals surface area contributed by atoms with Crippen molar-refractivity contribution in [2.24, 2.45) is 0 Å². The Morgan fingerprint density at radius 3 is 2.67 bits per heavy atom. The molecule has 0 aromatic carbocycles. The summed E-state index contributed by atoms with van der Waals surface area (Å²) >= 11 is 0. The summed E-state index contributed by atoms with van der Waals surface area (Å²) in [6.07, 6.45) is 7.22. The van der Waals surface area contributed by atoms with Gasteiger partial charge in [0.15, 0.2) is 0 Å². The van der Waals surface area contributed by atoms with E-state index in [0.717, 1.165) is 5.57 Å². The van der Waals surface area contributed by atoms with Gasteiger partial charge in [-0.3, -0.25) is 4.79 Å². The zero-order valence-corrected chi connectivity index (χ0v) is 7.85. The predicted octanol–water partition coefficient (Wildman–Crippen LogP) is 1.48. The summed E-state index contributed by atoms with van der Waals surface area (Å²) in [6.45, 7) is 5.65. The number of rotatable bonds is 3. The van der Waals surface area contributed by atoms with Crippen LogP contribution in [0.15, 0.2) is 11.6 Å². The summed E-state index contributed by atoms with van der Waals surface area (Å²) in [5.74, 6) is 2.42. The average molecular weight is 165 g/mol. The van der Waals surface area contributed by atoms with Crippen LogP contribution in [0, 0.1) is 12.3 Å². The van der Waals surface area contributed by atoms with E-state index in [-0.39, 0.29) is 11.9 Å². The van der Waals surface area contributed by atoms with Crippen molar-refractivity contribution in [3.63, 3.8) is 0 Å². The number of allylic oxidation sites excluding steroid dienone is 1. The quantitative estimate of drug-likeness (QED) is 0.498. The van der Waals surface area contributed by atoms with Gasteiger partial charge < -0.3 is 5.32 Å². The van der Waals surface area contributed by atoms with E-state index in [4.69, 9.17) is 6.42 Å². The summed E-state index contributed by atoms with van der Waals surface area (Å²) in [5.41, 5.74) is 0.986. The highest BCUT2D eigenvalue weighted by molar-refractivity contribution is 5.88. The van der Waals surface area contributed by atoms with Crippen LogP contribution in [0.4, 0.5) is 0 Å². The Bertz CT molecular complexity index is 218. The van der Waals surface area contributed by atoms with Crippen LogP contribution in [0.2, 0.25) is 0 Å². The molecule has 0 saturated carbocycles. The molecule has 1 unspecified atom stereocenters. The van der Waals surface area contributed by atoms with Gasteiger partial charge in [0.1, 0.15) is 0 Å². The maximum absolute atomic E-state index is 11.1. The van der Waals surface area contributed by atoms with Gasteiger partial charge in [0.2, 0.25) is 5.91 Å². The number of terminal acetylenes is 1. The van der Waals surface area contributed by atoms with E-state index in [9.17, 15) is 4.79 Å². The number of hydrogen-bond acceptors (Lipinski definition) is 1. The Labute approximate surface area is 74.0 Å². The van der Waals surface area contributed by atoms with E-state index >= 15 is 0 Å². The van der Waals surface area contributed by atoms with Gasteiger partial charge in [-0.2, -0.15) is 0 Å². The number of hydrogen-bond donors (Lipinski definition) is 1. The molecule has 0 fully saturated rings. The highest BCUT2D eigenvalue weighted by atomic mass is 16.1. The minimum Gasteiger partial charge on any atom is -0.349 e. The van der Waals surface area contributed by atoms with Crippen molar-refractivity contribution in [1.82, 2.24) is 5.32 Å². The van der Waals surface area contributed by atoms with E-state index in [1.165, 1.54) is 0 Å². The molecule has 0 aromatic heterocycles. The van der Waals surface area contributed by atoms with E-state index in [2.05, 4.69) is 11.2 Å². The standard InChI is InChI=1S/C10H15NO/c1-5-6-9(4)11-10(12)7-8(2)3/h1,7,9H,6H2,2-4H3,(H,11,12). The van der Waals surface area contributed by atoms with Crippen LogP contribution in [0.5, 0.6) is 0 Å². The van der Waals surface area contributed by atoms with Gasteiger partial charge in [-0.15, -0.1) is 12.3 Å². The number of amides is 1. The number of nitrogens with one attached hydrogen (secondary N) is 1. The minimum atomic E-state index is -0.0715. The maximum atomic E-state index is 11.1. The molecule has 0 radical (unpaired) electrons. The first kappa shape index (κ1) is 10.8. The van der Waals surface area contributed by atoms with Crippen molar-refractivity contribution in [1.29, 1.82) is 0 Å². The van der Waals surface area contributed by atoms with Gasteiger partial charge in [-0.05, 0) is 20.8 Å². The number of carbonyl (C=O) groups is 1. The molecule has 0 aliphatic carbocycles. The molecule has 2 heteroatoms. The second-order valence-corrected chi connectivity index (χ2v) is 3.04. The number of carbonyl (C=O) groups excluding carboxylic acids is 1. The molecule has 0 spiro atoms. The highest BCUT2D eigenvalue weighted by Gasteiger charge is 2.01. The lowest BCUT2D eigenvalue weighted by Gasteiger charge is -2.08. The van der Waals surface area contributed by atoms with Crippen molar-refractivity contribution in [2.75, 3.05) is 0 Å². The first-order valence-corrected chi connectivity index (χ1v) is 3.95. The Hall–Kier alpha value is -1.23. The molecule has 1 N–H and O–H groups in total. The smallest absolute Gasteiger partial charge is 0.244 e. The molecule has 0 aromatic rings. The van der Waals surface area contributed by atoms with Gasteiger partial charge in [0, 0.05) is 18.5 Å². The van der Waals surface area contributed by atoms with E-state index in [0.29, 0.717) is 6.42 Å².